The van der Waals surface area contributed by atoms with Gasteiger partial charge in [-0.3, -0.25) is 4.79 Å². The first kappa shape index (κ1) is 42.4. The molecule has 55 heavy (non-hydrogen) atoms. The van der Waals surface area contributed by atoms with Gasteiger partial charge in [0.05, 0.1) is 14.5 Å². The highest BCUT2D eigenvalue weighted by Gasteiger charge is 2.39. The van der Waals surface area contributed by atoms with E-state index in [4.69, 9.17) is 46.7 Å². The topological polar surface area (TPSA) is 112 Å². The zero-order valence-electron chi connectivity index (χ0n) is 32.3. The number of halogens is 3. The van der Waals surface area contributed by atoms with Gasteiger partial charge in [0, 0.05) is 57.7 Å². The van der Waals surface area contributed by atoms with Gasteiger partial charge in [-0.1, -0.05) is 64.8 Å². The Balaban J connectivity index is 1.39. The summed E-state index contributed by atoms with van der Waals surface area (Å²) in [5.74, 6) is 1.45. The lowest BCUT2D eigenvalue weighted by Crippen LogP contribution is -2.44. The molecule has 2 heterocycles. The van der Waals surface area contributed by atoms with Gasteiger partial charge < -0.3 is 33.7 Å². The molecule has 1 saturated heterocycles. The van der Waals surface area contributed by atoms with Crippen molar-refractivity contribution in [1.29, 1.82) is 0 Å². The Morgan fingerprint density at radius 2 is 1.71 bits per heavy atom. The summed E-state index contributed by atoms with van der Waals surface area (Å²) in [7, 11) is 1.69. The molecule has 1 N–H and O–H groups in total. The van der Waals surface area contributed by atoms with Crippen LogP contribution >= 0.6 is 39.1 Å². The van der Waals surface area contributed by atoms with E-state index in [9.17, 15) is 9.59 Å². The van der Waals surface area contributed by atoms with Crippen LogP contribution in [0.25, 0.3) is 11.3 Å². The first-order chi connectivity index (χ1) is 26.3. The Kier molecular flexibility index (Phi) is 14.9. The van der Waals surface area contributed by atoms with Gasteiger partial charge in [-0.05, 0) is 110 Å². The molecule has 1 unspecified atom stereocenters. The lowest BCUT2D eigenvalue weighted by atomic mass is 9.78. The van der Waals surface area contributed by atoms with Gasteiger partial charge >= 0.3 is 6.09 Å². The number of hydrogen-bond acceptors (Lipinski definition) is 8. The maximum atomic E-state index is 13.4. The van der Waals surface area contributed by atoms with Crippen LogP contribution in [0.4, 0.5) is 4.79 Å². The van der Waals surface area contributed by atoms with Crippen molar-refractivity contribution in [3.63, 3.8) is 0 Å². The number of likely N-dealkylation sites (tertiary alicyclic amines) is 1. The summed E-state index contributed by atoms with van der Waals surface area (Å²) in [5, 5.41) is 8.59. The minimum atomic E-state index is -0.634. The molecule has 0 radical (unpaired) electrons. The van der Waals surface area contributed by atoms with Crippen LogP contribution in [0.2, 0.25) is 10.0 Å². The number of carbonyl (C=O) groups excluding carboxylic acids is 2. The van der Waals surface area contributed by atoms with Crippen molar-refractivity contribution in [3.8, 4) is 22.8 Å². The van der Waals surface area contributed by atoms with Gasteiger partial charge in [-0.2, -0.15) is 0 Å². The molecule has 0 spiro atoms. The number of carbonyl (C=O) groups is 2. The van der Waals surface area contributed by atoms with E-state index in [0.717, 1.165) is 39.6 Å². The van der Waals surface area contributed by atoms with Crippen LogP contribution in [-0.4, -0.2) is 74.2 Å². The van der Waals surface area contributed by atoms with E-state index < -0.39 is 5.60 Å². The largest absolute Gasteiger partial charge is 0.490 e. The molecule has 0 bridgehead atoms. The first-order valence-electron chi connectivity index (χ1n) is 18.5. The molecule has 0 aliphatic carbocycles. The van der Waals surface area contributed by atoms with Crippen LogP contribution < -0.4 is 14.8 Å². The Hall–Kier alpha value is -3.77. The molecule has 296 valence electrons. The molecule has 13 heteroatoms. The molecule has 1 fully saturated rings. The lowest BCUT2D eigenvalue weighted by molar-refractivity contribution is -0.119. The Bertz CT molecular complexity index is 1890. The van der Waals surface area contributed by atoms with E-state index >= 15 is 0 Å². The van der Waals surface area contributed by atoms with E-state index in [0.29, 0.717) is 72.3 Å². The second kappa shape index (κ2) is 19.4. The molecular weight excluding hydrogens is 809 g/mol. The number of amides is 2. The maximum absolute atomic E-state index is 13.4. The van der Waals surface area contributed by atoms with E-state index in [2.05, 4.69) is 44.6 Å². The molecule has 4 aromatic rings. The van der Waals surface area contributed by atoms with E-state index in [-0.39, 0.29) is 36.4 Å². The Labute approximate surface area is 342 Å². The monoisotopic (exact) mass is 857 g/mol. The average Bonchev–Trinajstić information content (AvgIpc) is 3.52. The second-order valence-electron chi connectivity index (χ2n) is 14.8. The first-order valence-corrected chi connectivity index (χ1v) is 20.1. The lowest BCUT2D eigenvalue weighted by Gasteiger charge is -2.38. The van der Waals surface area contributed by atoms with Crippen molar-refractivity contribution in [2.45, 2.75) is 77.2 Å². The van der Waals surface area contributed by atoms with Gasteiger partial charge in [-0.25, -0.2) is 4.79 Å². The second-order valence-corrected chi connectivity index (χ2v) is 16.4. The zero-order chi connectivity index (χ0) is 39.7. The quantitative estimate of drug-likeness (QED) is 0.118. The normalized spacial score (nSPS) is 16.4. The van der Waals surface area contributed by atoms with Crippen molar-refractivity contribution in [3.05, 3.63) is 97.6 Å². The summed E-state index contributed by atoms with van der Waals surface area (Å²) in [6.07, 6.45) is 1.95. The number of hydrogen-bond donors (Lipinski definition) is 1. The van der Waals surface area contributed by atoms with Crippen LogP contribution in [0.3, 0.4) is 0 Å². The summed E-state index contributed by atoms with van der Waals surface area (Å²) in [6.45, 7) is 11.6. The van der Waals surface area contributed by atoms with Crippen molar-refractivity contribution in [2.75, 3.05) is 46.6 Å². The van der Waals surface area contributed by atoms with Crippen molar-refractivity contribution in [1.82, 2.24) is 15.4 Å². The highest BCUT2D eigenvalue weighted by Crippen LogP contribution is 2.46. The number of aryl methyl sites for hydroxylation is 1. The number of aromatic nitrogens is 1. The summed E-state index contributed by atoms with van der Waals surface area (Å²) >= 11 is 16.5. The molecule has 1 aliphatic rings. The number of piperidine rings is 1. The molecule has 1 aromatic heterocycles. The molecule has 2 amide bonds. The molecule has 5 rings (SSSR count). The molecule has 10 nitrogen and oxygen atoms in total. The zero-order valence-corrected chi connectivity index (χ0v) is 35.4. The van der Waals surface area contributed by atoms with Crippen molar-refractivity contribution in [2.24, 2.45) is 0 Å². The number of benzene rings is 3. The fourth-order valence-electron chi connectivity index (χ4n) is 6.92. The van der Waals surface area contributed by atoms with Crippen LogP contribution in [0.1, 0.15) is 87.1 Å². The number of nitrogens with zero attached hydrogens (tertiary/aromatic N) is 2. The Morgan fingerprint density at radius 3 is 2.38 bits per heavy atom. The standard InChI is InChI=1S/C42H50BrCl2N3O7/c1-26-22-35(44)40(36(45)23-26)53-21-20-52-30-15-13-28(14-16-30)32-17-18-48(41(50)54-42(3,4)5)25-34(32)38-37(43)39(55-47-38)33-12-8-7-11-31(33)29(10-9-19-51-6)24-46-27(2)49/h7-8,11-16,22-23,29,32,34H,9-10,17-21,24-25H2,1-6H3,(H,46,49)/t29?,32-,34+/m1/s1. The fraction of sp³-hybridized carbons (Fsp3) is 0.452. The van der Waals surface area contributed by atoms with Crippen LogP contribution in [0.5, 0.6) is 11.5 Å². The van der Waals surface area contributed by atoms with Gasteiger partial charge in [0.25, 0.3) is 0 Å². The van der Waals surface area contributed by atoms with Crippen LogP contribution in [0, 0.1) is 6.92 Å². The summed E-state index contributed by atoms with van der Waals surface area (Å²) < 4.78 is 29.8. The smallest absolute Gasteiger partial charge is 0.410 e. The van der Waals surface area contributed by atoms with Gasteiger partial charge in [-0.15, -0.1) is 0 Å². The van der Waals surface area contributed by atoms with E-state index in [1.807, 2.05) is 70.2 Å². The van der Waals surface area contributed by atoms with Crippen LogP contribution in [0.15, 0.2) is 69.7 Å². The average molecular weight is 860 g/mol. The number of methoxy groups -OCH3 is 1. The number of ether oxygens (including phenoxy) is 4. The minimum absolute atomic E-state index is 0.00736. The Morgan fingerprint density at radius 1 is 1.02 bits per heavy atom. The van der Waals surface area contributed by atoms with E-state index in [1.54, 1.807) is 12.0 Å². The number of nitrogens with one attached hydrogen (secondary N) is 1. The predicted molar refractivity (Wildman–Crippen MR) is 219 cm³/mol. The van der Waals surface area contributed by atoms with Gasteiger partial charge in [0.1, 0.15) is 30.3 Å². The van der Waals surface area contributed by atoms with Gasteiger partial charge in [0.2, 0.25) is 5.91 Å². The summed E-state index contributed by atoms with van der Waals surface area (Å²) in [6, 6.07) is 19.7. The molecule has 3 atom stereocenters. The van der Waals surface area contributed by atoms with E-state index in [1.165, 1.54) is 6.92 Å². The third-order valence-corrected chi connectivity index (χ3v) is 10.8. The highest BCUT2D eigenvalue weighted by atomic mass is 79.9. The van der Waals surface area contributed by atoms with Crippen molar-refractivity contribution >= 4 is 51.1 Å². The van der Waals surface area contributed by atoms with Gasteiger partial charge in [0.15, 0.2) is 11.5 Å². The third-order valence-electron chi connectivity index (χ3n) is 9.47. The third kappa shape index (κ3) is 11.4. The van der Waals surface area contributed by atoms with Crippen LogP contribution in [-0.2, 0) is 14.3 Å². The summed E-state index contributed by atoms with van der Waals surface area (Å²) in [5.41, 5.74) is 4.04. The molecular formula is C42H50BrCl2N3O7. The number of rotatable bonds is 15. The molecule has 3 aromatic carbocycles. The fourth-order valence-corrected chi connectivity index (χ4v) is 8.27. The van der Waals surface area contributed by atoms with Crippen molar-refractivity contribution < 1.29 is 33.1 Å². The SMILES string of the molecule is COCCCC(CNC(C)=O)c1ccccc1-c1onc([C@H]2CN(C(=O)OC(C)(C)C)CC[C@@H]2c2ccc(OCCOc3c(Cl)cc(C)cc3Cl)cc2)c1Br. The highest BCUT2D eigenvalue weighted by molar-refractivity contribution is 9.10. The molecule has 0 saturated carbocycles. The summed E-state index contributed by atoms with van der Waals surface area (Å²) in [4.78, 5) is 27.0. The minimum Gasteiger partial charge on any atom is -0.490 e. The predicted octanol–water partition coefficient (Wildman–Crippen LogP) is 10.3. The molecule has 1 aliphatic heterocycles. The maximum Gasteiger partial charge on any atom is 0.410 e.